The van der Waals surface area contributed by atoms with Crippen molar-refractivity contribution in [3.63, 3.8) is 0 Å². The number of nitrogens with zero attached hydrogens (tertiary/aromatic N) is 2. The van der Waals surface area contributed by atoms with E-state index >= 15 is 0 Å². The number of rotatable bonds is 4. The van der Waals surface area contributed by atoms with Crippen LogP contribution in [0.4, 0.5) is 0 Å². The summed E-state index contributed by atoms with van der Waals surface area (Å²) in [4.78, 5) is 23.1. The molecule has 1 unspecified atom stereocenters. The van der Waals surface area contributed by atoms with Gasteiger partial charge in [0.2, 0.25) is 11.8 Å². The van der Waals surface area contributed by atoms with Gasteiger partial charge in [0.15, 0.2) is 0 Å². The first-order valence-corrected chi connectivity index (χ1v) is 6.91. The lowest BCUT2D eigenvalue weighted by molar-refractivity contribution is -0.127. The molecule has 1 atom stereocenters. The third-order valence-electron chi connectivity index (χ3n) is 2.94. The van der Waals surface area contributed by atoms with E-state index in [1.54, 1.807) is 19.1 Å². The maximum atomic E-state index is 11.7. The van der Waals surface area contributed by atoms with Gasteiger partial charge in [0.1, 0.15) is 5.75 Å². The number of phenolic OH excluding ortho intramolecular Hbond substituents is 1. The zero-order chi connectivity index (χ0) is 15.4. The van der Waals surface area contributed by atoms with Crippen LogP contribution < -0.4 is 10.9 Å². The minimum Gasteiger partial charge on any atom is -0.507 e. The number of nitrogens with one attached hydrogen (secondary N) is 2. The number of amides is 2. The fourth-order valence-electron chi connectivity index (χ4n) is 1.76. The topological polar surface area (TPSA) is 103 Å². The van der Waals surface area contributed by atoms with E-state index in [0.29, 0.717) is 11.3 Å². The van der Waals surface area contributed by atoms with Crippen LogP contribution in [-0.2, 0) is 9.59 Å². The van der Waals surface area contributed by atoms with Gasteiger partial charge >= 0.3 is 0 Å². The summed E-state index contributed by atoms with van der Waals surface area (Å²) in [6, 6.07) is 4.86. The molecule has 0 fully saturated rings. The first-order valence-electron chi connectivity index (χ1n) is 6.12. The van der Waals surface area contributed by atoms with Crippen LogP contribution >= 0.6 is 15.9 Å². The van der Waals surface area contributed by atoms with Gasteiger partial charge in [0.25, 0.3) is 0 Å². The van der Waals surface area contributed by atoms with Crippen molar-refractivity contribution < 1.29 is 14.7 Å². The molecule has 0 saturated heterocycles. The van der Waals surface area contributed by atoms with Crippen molar-refractivity contribution in [3.8, 4) is 5.75 Å². The van der Waals surface area contributed by atoms with Crippen molar-refractivity contribution in [2.45, 2.75) is 13.3 Å². The molecule has 8 heteroatoms. The molecule has 0 bridgehead atoms. The Morgan fingerprint density at radius 3 is 3.05 bits per heavy atom. The fraction of sp³-hybridized carbons (Fsp3) is 0.231. The summed E-state index contributed by atoms with van der Waals surface area (Å²) >= 11 is 3.27. The molecule has 3 N–H and O–H groups in total. The Hall–Kier alpha value is -2.22. The van der Waals surface area contributed by atoms with Crippen LogP contribution in [-0.4, -0.2) is 28.8 Å². The lowest BCUT2D eigenvalue weighted by atomic mass is 10.0. The summed E-state index contributed by atoms with van der Waals surface area (Å²) < 4.78 is 0.780. The summed E-state index contributed by atoms with van der Waals surface area (Å²) in [5.41, 5.74) is 5.66. The Balaban J connectivity index is 1.92. The molecule has 110 valence electrons. The third kappa shape index (κ3) is 3.88. The maximum absolute atomic E-state index is 11.7. The zero-order valence-corrected chi connectivity index (χ0v) is 12.7. The molecule has 21 heavy (non-hydrogen) atoms. The van der Waals surface area contributed by atoms with E-state index < -0.39 is 11.8 Å². The highest BCUT2D eigenvalue weighted by Gasteiger charge is 2.28. The Labute approximate surface area is 129 Å². The van der Waals surface area contributed by atoms with Crippen molar-refractivity contribution in [3.05, 3.63) is 28.2 Å². The SMILES string of the molecule is CC1=NNC(=O)C1CC(=O)N/N=C/c1cc(Br)ccc1O. The van der Waals surface area contributed by atoms with Gasteiger partial charge in [-0.25, -0.2) is 10.9 Å². The van der Waals surface area contributed by atoms with Gasteiger partial charge in [-0.15, -0.1) is 0 Å². The number of hydrogen-bond donors (Lipinski definition) is 3. The van der Waals surface area contributed by atoms with E-state index in [-0.39, 0.29) is 18.1 Å². The molecule has 1 aliphatic rings. The van der Waals surface area contributed by atoms with Gasteiger partial charge in [-0.2, -0.15) is 10.2 Å². The first kappa shape index (κ1) is 15.2. The Bertz CT molecular complexity index is 642. The summed E-state index contributed by atoms with van der Waals surface area (Å²) in [6.07, 6.45) is 1.30. The van der Waals surface area contributed by atoms with Gasteiger partial charge in [-0.05, 0) is 25.1 Å². The molecule has 1 aliphatic heterocycles. The number of hydrogen-bond acceptors (Lipinski definition) is 5. The van der Waals surface area contributed by atoms with Crippen LogP contribution in [0.3, 0.4) is 0 Å². The zero-order valence-electron chi connectivity index (χ0n) is 11.1. The third-order valence-corrected chi connectivity index (χ3v) is 3.43. The van der Waals surface area contributed by atoms with Crippen LogP contribution in [0.1, 0.15) is 18.9 Å². The second kappa shape index (κ2) is 6.49. The van der Waals surface area contributed by atoms with Gasteiger partial charge in [0, 0.05) is 22.2 Å². The molecule has 7 nitrogen and oxygen atoms in total. The average Bonchev–Trinajstić information content (AvgIpc) is 2.74. The van der Waals surface area contributed by atoms with Gasteiger partial charge in [-0.3, -0.25) is 9.59 Å². The van der Waals surface area contributed by atoms with E-state index in [0.717, 1.165) is 4.47 Å². The minimum atomic E-state index is -0.556. The van der Waals surface area contributed by atoms with Crippen LogP contribution in [0.25, 0.3) is 0 Å². The second-order valence-corrected chi connectivity index (χ2v) is 5.40. The lowest BCUT2D eigenvalue weighted by Crippen LogP contribution is -2.29. The van der Waals surface area contributed by atoms with E-state index in [9.17, 15) is 14.7 Å². The number of benzene rings is 1. The molecule has 0 spiro atoms. The number of carbonyl (C=O) groups excluding carboxylic acids is 2. The first-order chi connectivity index (χ1) is 9.97. The van der Waals surface area contributed by atoms with E-state index in [1.165, 1.54) is 12.3 Å². The van der Waals surface area contributed by atoms with Gasteiger partial charge in [0.05, 0.1) is 12.1 Å². The van der Waals surface area contributed by atoms with Gasteiger partial charge < -0.3 is 5.11 Å². The Kier molecular flexibility index (Phi) is 4.69. The Morgan fingerprint density at radius 2 is 2.38 bits per heavy atom. The average molecular weight is 353 g/mol. The molecule has 0 radical (unpaired) electrons. The smallest absolute Gasteiger partial charge is 0.249 e. The van der Waals surface area contributed by atoms with Crippen molar-refractivity contribution in [2.75, 3.05) is 0 Å². The highest BCUT2D eigenvalue weighted by atomic mass is 79.9. The van der Waals surface area contributed by atoms with Gasteiger partial charge in [-0.1, -0.05) is 15.9 Å². The number of halogens is 1. The van der Waals surface area contributed by atoms with Crippen LogP contribution in [0, 0.1) is 5.92 Å². The molecule has 2 rings (SSSR count). The summed E-state index contributed by atoms with van der Waals surface area (Å²) in [5.74, 6) is -1.21. The van der Waals surface area contributed by atoms with Crippen molar-refractivity contribution in [1.29, 1.82) is 0 Å². The summed E-state index contributed by atoms with van der Waals surface area (Å²) in [6.45, 7) is 1.68. The van der Waals surface area contributed by atoms with Crippen LogP contribution in [0.2, 0.25) is 0 Å². The number of phenols is 1. The van der Waals surface area contributed by atoms with E-state index in [1.807, 2.05) is 0 Å². The largest absolute Gasteiger partial charge is 0.507 e. The predicted octanol–water partition coefficient (Wildman–Crippen LogP) is 1.12. The predicted molar refractivity (Wildman–Crippen MR) is 80.9 cm³/mol. The second-order valence-electron chi connectivity index (χ2n) is 4.48. The Morgan fingerprint density at radius 1 is 1.62 bits per heavy atom. The number of hydrazone groups is 2. The fourth-order valence-corrected chi connectivity index (χ4v) is 2.14. The van der Waals surface area contributed by atoms with Crippen LogP contribution in [0.15, 0.2) is 32.9 Å². The summed E-state index contributed by atoms with van der Waals surface area (Å²) in [5, 5.41) is 17.1. The molecule has 0 aromatic heterocycles. The highest BCUT2D eigenvalue weighted by molar-refractivity contribution is 9.10. The molecular weight excluding hydrogens is 340 g/mol. The number of carbonyl (C=O) groups is 2. The maximum Gasteiger partial charge on any atom is 0.249 e. The summed E-state index contributed by atoms with van der Waals surface area (Å²) in [7, 11) is 0. The standard InChI is InChI=1S/C13H13BrN4O3/c1-7-10(13(21)18-16-7)5-12(20)17-15-6-8-4-9(14)2-3-11(8)19/h2-4,6,10,19H,5H2,1H3,(H,17,20)(H,18,21)/b15-6+. The monoisotopic (exact) mass is 352 g/mol. The molecule has 0 saturated carbocycles. The van der Waals surface area contributed by atoms with E-state index in [2.05, 4.69) is 37.0 Å². The van der Waals surface area contributed by atoms with Crippen molar-refractivity contribution in [1.82, 2.24) is 10.9 Å². The molecular formula is C13H13BrN4O3. The minimum absolute atomic E-state index is 0.0248. The normalized spacial score (nSPS) is 17.7. The van der Waals surface area contributed by atoms with Crippen LogP contribution in [0.5, 0.6) is 5.75 Å². The highest BCUT2D eigenvalue weighted by Crippen LogP contribution is 2.19. The molecule has 0 aliphatic carbocycles. The molecule has 1 heterocycles. The number of aromatic hydroxyl groups is 1. The van der Waals surface area contributed by atoms with E-state index in [4.69, 9.17) is 0 Å². The molecule has 1 aromatic carbocycles. The molecule has 1 aromatic rings. The lowest BCUT2D eigenvalue weighted by Gasteiger charge is -2.05. The van der Waals surface area contributed by atoms with Crippen molar-refractivity contribution >= 4 is 39.7 Å². The quantitative estimate of drug-likeness (QED) is 0.558. The molecule has 2 amide bonds. The van der Waals surface area contributed by atoms with Crippen molar-refractivity contribution in [2.24, 2.45) is 16.1 Å².